The van der Waals surface area contributed by atoms with Gasteiger partial charge in [-0.25, -0.2) is 4.68 Å². The molecule has 0 saturated heterocycles. The van der Waals surface area contributed by atoms with Crippen LogP contribution in [-0.2, 0) is 11.3 Å². The van der Waals surface area contributed by atoms with Crippen LogP contribution in [-0.4, -0.2) is 32.9 Å². The van der Waals surface area contributed by atoms with E-state index in [1.807, 2.05) is 39.8 Å². The molecule has 0 radical (unpaired) electrons. The van der Waals surface area contributed by atoms with Gasteiger partial charge >= 0.3 is 0 Å². The molecule has 0 unspecified atom stereocenters. The van der Waals surface area contributed by atoms with Crippen LogP contribution in [0.25, 0.3) is 11.4 Å². The second kappa shape index (κ2) is 5.20. The van der Waals surface area contributed by atoms with Crippen LogP contribution in [0.3, 0.4) is 0 Å². The largest absolute Gasteiger partial charge is 0.398 e. The molecule has 1 aromatic heterocycles. The van der Waals surface area contributed by atoms with Crippen LogP contribution in [0.4, 0.5) is 5.69 Å². The molecule has 0 saturated carbocycles. The summed E-state index contributed by atoms with van der Waals surface area (Å²) >= 11 is 0. The summed E-state index contributed by atoms with van der Waals surface area (Å²) in [5, 5.41) is 12.0. The van der Waals surface area contributed by atoms with Gasteiger partial charge in [-0.1, -0.05) is 6.07 Å². The number of rotatable bonds is 4. The summed E-state index contributed by atoms with van der Waals surface area (Å²) in [5.41, 5.74) is 9.51. The Balaban J connectivity index is 2.45. The fraction of sp³-hybridized carbons (Fsp3) is 0.500. The number of nitrogens with zero attached hydrogens (tertiary/aromatic N) is 4. The molecular weight excluding hydrogens is 254 g/mol. The minimum Gasteiger partial charge on any atom is -0.398 e. The second-order valence-corrected chi connectivity index (χ2v) is 5.65. The number of ether oxygens (including phenoxy) is 1. The lowest BCUT2D eigenvalue weighted by atomic mass is 10.0. The van der Waals surface area contributed by atoms with Crippen molar-refractivity contribution in [1.29, 1.82) is 0 Å². The number of nitrogen functional groups attached to an aromatic ring is 1. The van der Waals surface area contributed by atoms with Gasteiger partial charge in [0.05, 0.1) is 12.1 Å². The lowest BCUT2D eigenvalue weighted by Gasteiger charge is -2.23. The first-order chi connectivity index (χ1) is 9.34. The minimum absolute atomic E-state index is 0.339. The topological polar surface area (TPSA) is 78.8 Å². The number of methoxy groups -OCH3 is 1. The van der Waals surface area contributed by atoms with E-state index in [1.165, 1.54) is 0 Å². The van der Waals surface area contributed by atoms with Gasteiger partial charge in [-0.2, -0.15) is 0 Å². The van der Waals surface area contributed by atoms with Crippen LogP contribution in [0.1, 0.15) is 25.0 Å². The molecule has 0 bridgehead atoms. The summed E-state index contributed by atoms with van der Waals surface area (Å²) in [6, 6.07) is 3.97. The minimum atomic E-state index is -0.339. The summed E-state index contributed by atoms with van der Waals surface area (Å²) in [4.78, 5) is 0. The van der Waals surface area contributed by atoms with E-state index in [0.29, 0.717) is 12.4 Å². The van der Waals surface area contributed by atoms with Crippen molar-refractivity contribution in [3.8, 4) is 11.4 Å². The molecular formula is C14H21N5O. The van der Waals surface area contributed by atoms with Gasteiger partial charge in [0.2, 0.25) is 0 Å². The van der Waals surface area contributed by atoms with Crippen molar-refractivity contribution in [3.05, 3.63) is 23.3 Å². The van der Waals surface area contributed by atoms with E-state index in [1.54, 1.807) is 11.8 Å². The predicted octanol–water partition coefficient (Wildman–Crippen LogP) is 1.96. The molecule has 20 heavy (non-hydrogen) atoms. The molecule has 0 fully saturated rings. The molecule has 2 N–H and O–H groups in total. The zero-order valence-corrected chi connectivity index (χ0v) is 12.6. The maximum Gasteiger partial charge on any atom is 0.182 e. The van der Waals surface area contributed by atoms with Crippen molar-refractivity contribution >= 4 is 5.69 Å². The number of tetrazole rings is 1. The van der Waals surface area contributed by atoms with Crippen LogP contribution in [0.2, 0.25) is 0 Å². The molecule has 2 rings (SSSR count). The number of benzene rings is 1. The second-order valence-electron chi connectivity index (χ2n) is 5.65. The zero-order chi connectivity index (χ0) is 14.9. The Labute approximate surface area is 118 Å². The first-order valence-corrected chi connectivity index (χ1v) is 6.52. The normalized spacial score (nSPS) is 11.8. The number of aromatic nitrogens is 4. The molecule has 108 valence electrons. The van der Waals surface area contributed by atoms with Gasteiger partial charge < -0.3 is 10.5 Å². The highest BCUT2D eigenvalue weighted by molar-refractivity contribution is 5.67. The summed E-state index contributed by atoms with van der Waals surface area (Å²) in [7, 11) is 1.68. The Kier molecular flexibility index (Phi) is 3.76. The van der Waals surface area contributed by atoms with Gasteiger partial charge in [0, 0.05) is 18.4 Å². The Morgan fingerprint density at radius 3 is 2.60 bits per heavy atom. The van der Waals surface area contributed by atoms with Gasteiger partial charge in [0.1, 0.15) is 0 Å². The highest BCUT2D eigenvalue weighted by atomic mass is 16.5. The quantitative estimate of drug-likeness (QED) is 0.863. The van der Waals surface area contributed by atoms with Crippen molar-refractivity contribution < 1.29 is 4.74 Å². The number of aryl methyl sites for hydroxylation is 2. The van der Waals surface area contributed by atoms with Gasteiger partial charge in [-0.15, -0.1) is 5.10 Å². The Morgan fingerprint density at radius 1 is 1.25 bits per heavy atom. The molecule has 0 aliphatic heterocycles. The van der Waals surface area contributed by atoms with E-state index < -0.39 is 0 Å². The Bertz CT molecular complexity index is 618. The van der Waals surface area contributed by atoms with Gasteiger partial charge in [-0.3, -0.25) is 0 Å². The van der Waals surface area contributed by atoms with Gasteiger partial charge in [0.25, 0.3) is 0 Å². The number of nitrogens with two attached hydrogens (primary N) is 1. The molecule has 6 heteroatoms. The van der Waals surface area contributed by atoms with E-state index in [-0.39, 0.29) is 5.60 Å². The maximum absolute atomic E-state index is 6.00. The van der Waals surface area contributed by atoms with Crippen LogP contribution < -0.4 is 5.73 Å². The van der Waals surface area contributed by atoms with Crippen LogP contribution in [0.5, 0.6) is 0 Å². The highest BCUT2D eigenvalue weighted by Crippen LogP contribution is 2.26. The van der Waals surface area contributed by atoms with Gasteiger partial charge in [-0.05, 0) is 55.3 Å². The zero-order valence-electron chi connectivity index (χ0n) is 12.6. The predicted molar refractivity (Wildman–Crippen MR) is 78.2 cm³/mol. The van der Waals surface area contributed by atoms with E-state index in [9.17, 15) is 0 Å². The monoisotopic (exact) mass is 275 g/mol. The fourth-order valence-electron chi connectivity index (χ4n) is 2.04. The lowest BCUT2D eigenvalue weighted by molar-refractivity contribution is 0.00538. The Morgan fingerprint density at radius 2 is 1.95 bits per heavy atom. The van der Waals surface area contributed by atoms with Crippen LogP contribution in [0.15, 0.2) is 12.1 Å². The van der Waals surface area contributed by atoms with E-state index >= 15 is 0 Å². The average molecular weight is 275 g/mol. The summed E-state index contributed by atoms with van der Waals surface area (Å²) in [5.74, 6) is 0.708. The molecule has 0 aliphatic rings. The summed E-state index contributed by atoms with van der Waals surface area (Å²) in [6.07, 6.45) is 0. The van der Waals surface area contributed by atoms with Gasteiger partial charge in [0.15, 0.2) is 5.82 Å². The first-order valence-electron chi connectivity index (χ1n) is 6.52. The van der Waals surface area contributed by atoms with Crippen LogP contribution >= 0.6 is 0 Å². The molecule has 6 nitrogen and oxygen atoms in total. The fourth-order valence-corrected chi connectivity index (χ4v) is 2.04. The SMILES string of the molecule is COC(C)(C)Cn1nnnc1-c1cc(N)c(C)cc1C. The number of anilines is 1. The average Bonchev–Trinajstić information content (AvgIpc) is 2.81. The smallest absolute Gasteiger partial charge is 0.182 e. The Hall–Kier alpha value is -1.95. The van der Waals surface area contributed by atoms with Crippen molar-refractivity contribution in [1.82, 2.24) is 20.2 Å². The third kappa shape index (κ3) is 2.80. The maximum atomic E-state index is 6.00. The molecule has 0 aliphatic carbocycles. The summed E-state index contributed by atoms with van der Waals surface area (Å²) in [6.45, 7) is 8.58. The van der Waals surface area contributed by atoms with E-state index in [2.05, 4.69) is 15.5 Å². The molecule has 0 atom stereocenters. The number of hydrogen-bond acceptors (Lipinski definition) is 5. The van der Waals surface area contributed by atoms with Crippen molar-refractivity contribution in [2.24, 2.45) is 0 Å². The van der Waals surface area contributed by atoms with E-state index in [4.69, 9.17) is 10.5 Å². The van der Waals surface area contributed by atoms with Crippen molar-refractivity contribution in [2.75, 3.05) is 12.8 Å². The molecule has 1 heterocycles. The highest BCUT2D eigenvalue weighted by Gasteiger charge is 2.21. The summed E-state index contributed by atoms with van der Waals surface area (Å²) < 4.78 is 7.18. The standard InChI is InChI=1S/C14H21N5O/c1-9-6-10(2)12(15)7-11(9)13-16-17-18-19(13)8-14(3,4)20-5/h6-7H,8,15H2,1-5H3. The third-order valence-corrected chi connectivity index (χ3v) is 3.47. The van der Waals surface area contributed by atoms with Crippen LogP contribution in [0, 0.1) is 13.8 Å². The van der Waals surface area contributed by atoms with E-state index in [0.717, 1.165) is 22.4 Å². The molecule has 1 aromatic carbocycles. The molecule has 2 aromatic rings. The molecule has 0 spiro atoms. The third-order valence-electron chi connectivity index (χ3n) is 3.47. The first kappa shape index (κ1) is 14.5. The number of hydrogen-bond donors (Lipinski definition) is 1. The van der Waals surface area contributed by atoms with Crippen molar-refractivity contribution in [3.63, 3.8) is 0 Å². The van der Waals surface area contributed by atoms with Crippen molar-refractivity contribution in [2.45, 2.75) is 39.8 Å². The molecule has 0 amide bonds. The lowest BCUT2D eigenvalue weighted by Crippen LogP contribution is -2.30.